The summed E-state index contributed by atoms with van der Waals surface area (Å²) in [5, 5.41) is 27.0. The Labute approximate surface area is 361 Å². The summed E-state index contributed by atoms with van der Waals surface area (Å²) in [4.78, 5) is 61.1. The fraction of sp³-hybridized carbons (Fsp3) is 0.522. The largest absolute Gasteiger partial charge is 0.481 e. The van der Waals surface area contributed by atoms with E-state index in [9.17, 15) is 29.4 Å². The summed E-state index contributed by atoms with van der Waals surface area (Å²) in [6.07, 6.45) is 15.5. The Kier molecular flexibility index (Phi) is 14.7. The molecule has 60 heavy (non-hydrogen) atoms. The molecule has 0 atom stereocenters. The van der Waals surface area contributed by atoms with Crippen LogP contribution in [0.2, 0.25) is 10.0 Å². The van der Waals surface area contributed by atoms with Crippen molar-refractivity contribution in [3.8, 4) is 0 Å². The molecule has 2 saturated carbocycles. The standard InChI is InChI=1S/2C23H28ClN3O3/c2*24-18-7-8-19-17(22(18)26-21(28)10-5-15-3-1-2-4-15)6-9-20(25-19)27-13-11-16(12-14-27)23(29)30/h2*6-9,15-16H,1-5,10-14H2,(H,26,28)(H,29,30). The molecule has 4 aliphatic rings. The first-order valence-electron chi connectivity index (χ1n) is 21.8. The van der Waals surface area contributed by atoms with Gasteiger partial charge in [0.2, 0.25) is 11.8 Å². The van der Waals surface area contributed by atoms with Crippen molar-refractivity contribution in [3.05, 3.63) is 58.6 Å². The van der Waals surface area contributed by atoms with Crippen LogP contribution in [0.5, 0.6) is 0 Å². The molecule has 2 aliphatic carbocycles. The molecule has 14 heteroatoms. The number of carboxylic acid groups (broad SMARTS) is 2. The van der Waals surface area contributed by atoms with E-state index in [1.807, 2.05) is 36.4 Å². The van der Waals surface area contributed by atoms with Crippen LogP contribution in [0.3, 0.4) is 0 Å². The van der Waals surface area contributed by atoms with Gasteiger partial charge in [0.25, 0.3) is 0 Å². The number of aromatic nitrogens is 2. The van der Waals surface area contributed by atoms with E-state index in [1.54, 1.807) is 12.1 Å². The number of carbonyl (C=O) groups excluding carboxylic acids is 2. The molecule has 4 N–H and O–H groups in total. The van der Waals surface area contributed by atoms with Crippen LogP contribution in [0.4, 0.5) is 23.0 Å². The first-order chi connectivity index (χ1) is 29.0. The van der Waals surface area contributed by atoms with Gasteiger partial charge in [0.1, 0.15) is 11.6 Å². The number of carbonyl (C=O) groups is 4. The molecule has 4 fully saturated rings. The van der Waals surface area contributed by atoms with Crippen molar-refractivity contribution in [2.45, 2.75) is 103 Å². The fourth-order valence-corrected chi connectivity index (χ4v) is 9.75. The Morgan fingerprint density at radius 1 is 0.550 bits per heavy atom. The number of rotatable bonds is 12. The molecule has 2 aliphatic heterocycles. The van der Waals surface area contributed by atoms with Gasteiger partial charge in [-0.1, -0.05) is 74.6 Å². The van der Waals surface area contributed by atoms with E-state index >= 15 is 0 Å². The average Bonchev–Trinajstić information content (AvgIpc) is 4.00. The zero-order chi connectivity index (χ0) is 42.2. The van der Waals surface area contributed by atoms with Gasteiger partial charge < -0.3 is 30.6 Å². The molecule has 2 aromatic heterocycles. The number of benzene rings is 2. The normalized spacial score (nSPS) is 18.1. The molecule has 4 aromatic rings. The van der Waals surface area contributed by atoms with Crippen molar-refractivity contribution in [3.63, 3.8) is 0 Å². The molecule has 2 amide bonds. The third kappa shape index (κ3) is 11.0. The number of hydrogen-bond acceptors (Lipinski definition) is 8. The third-order valence-corrected chi connectivity index (χ3v) is 13.6. The summed E-state index contributed by atoms with van der Waals surface area (Å²) in [7, 11) is 0. The number of pyridine rings is 2. The van der Waals surface area contributed by atoms with Crippen LogP contribution >= 0.6 is 23.2 Å². The predicted molar refractivity (Wildman–Crippen MR) is 238 cm³/mol. The lowest BCUT2D eigenvalue weighted by Crippen LogP contribution is -2.36. The van der Waals surface area contributed by atoms with E-state index in [1.165, 1.54) is 51.4 Å². The fourth-order valence-electron chi connectivity index (χ4n) is 9.32. The minimum Gasteiger partial charge on any atom is -0.481 e. The van der Waals surface area contributed by atoms with Gasteiger partial charge >= 0.3 is 11.9 Å². The second-order valence-corrected chi connectivity index (χ2v) is 17.8. The van der Waals surface area contributed by atoms with Crippen LogP contribution in [0, 0.1) is 23.7 Å². The highest BCUT2D eigenvalue weighted by molar-refractivity contribution is 6.36. The van der Waals surface area contributed by atoms with Crippen LogP contribution < -0.4 is 20.4 Å². The quantitative estimate of drug-likeness (QED) is 0.108. The number of piperidine rings is 2. The van der Waals surface area contributed by atoms with Crippen molar-refractivity contribution < 1.29 is 29.4 Å². The summed E-state index contributed by atoms with van der Waals surface area (Å²) in [6, 6.07) is 15.0. The summed E-state index contributed by atoms with van der Waals surface area (Å²) in [6.45, 7) is 2.70. The Bertz CT molecular complexity index is 2020. The van der Waals surface area contributed by atoms with Crippen molar-refractivity contribution in [1.29, 1.82) is 0 Å². The molecule has 2 saturated heterocycles. The van der Waals surface area contributed by atoms with Gasteiger partial charge in [0.15, 0.2) is 0 Å². The molecule has 0 bridgehead atoms. The number of aliphatic carboxylic acids is 2. The molecule has 0 radical (unpaired) electrons. The molecule has 2 aromatic carbocycles. The maximum Gasteiger partial charge on any atom is 0.306 e. The van der Waals surface area contributed by atoms with Crippen molar-refractivity contribution >= 4 is 91.8 Å². The topological polar surface area (TPSA) is 165 Å². The number of amides is 2. The van der Waals surface area contributed by atoms with E-state index in [0.717, 1.165) is 46.3 Å². The number of halogens is 2. The van der Waals surface area contributed by atoms with E-state index in [-0.39, 0.29) is 23.7 Å². The Balaban J connectivity index is 0.000000181. The minimum absolute atomic E-state index is 0.00359. The van der Waals surface area contributed by atoms with Crippen LogP contribution in [-0.4, -0.2) is 70.1 Å². The first kappa shape index (κ1) is 43.4. The summed E-state index contributed by atoms with van der Waals surface area (Å²) < 4.78 is 0. The van der Waals surface area contributed by atoms with E-state index in [4.69, 9.17) is 33.2 Å². The lowest BCUT2D eigenvalue weighted by atomic mass is 9.97. The Morgan fingerprint density at radius 2 is 0.917 bits per heavy atom. The lowest BCUT2D eigenvalue weighted by molar-refractivity contribution is -0.143. The number of hydrogen-bond donors (Lipinski definition) is 4. The predicted octanol–water partition coefficient (Wildman–Crippen LogP) is 10.2. The number of fused-ring (bicyclic) bond motifs is 2. The maximum atomic E-state index is 12.5. The number of nitrogens with one attached hydrogen (secondary N) is 2. The summed E-state index contributed by atoms with van der Waals surface area (Å²) >= 11 is 12.8. The maximum absolute atomic E-state index is 12.5. The Hall–Kier alpha value is -4.68. The van der Waals surface area contributed by atoms with Crippen molar-refractivity contribution in [1.82, 2.24) is 9.97 Å². The number of carboxylic acids is 2. The first-order valence-corrected chi connectivity index (χ1v) is 22.5. The zero-order valence-electron chi connectivity index (χ0n) is 34.1. The summed E-state index contributed by atoms with van der Waals surface area (Å²) in [5.41, 5.74) is 2.77. The van der Waals surface area contributed by atoms with E-state index in [0.29, 0.717) is 98.0 Å². The Morgan fingerprint density at radius 3 is 1.27 bits per heavy atom. The van der Waals surface area contributed by atoms with E-state index < -0.39 is 11.9 Å². The molecule has 12 nitrogen and oxygen atoms in total. The number of nitrogens with zero attached hydrogens (tertiary/aromatic N) is 4. The molecular formula is C46H56Cl2N6O6. The van der Waals surface area contributed by atoms with Gasteiger partial charge in [0.05, 0.1) is 44.3 Å². The van der Waals surface area contributed by atoms with Gasteiger partial charge in [0, 0.05) is 49.8 Å². The van der Waals surface area contributed by atoms with E-state index in [2.05, 4.69) is 20.4 Å². The smallest absolute Gasteiger partial charge is 0.306 e. The molecule has 4 heterocycles. The second kappa shape index (κ2) is 20.3. The zero-order valence-corrected chi connectivity index (χ0v) is 35.7. The minimum atomic E-state index is -0.718. The van der Waals surface area contributed by atoms with Gasteiger partial charge in [-0.15, -0.1) is 0 Å². The molecule has 320 valence electrons. The van der Waals surface area contributed by atoms with Crippen LogP contribution in [0.25, 0.3) is 21.8 Å². The van der Waals surface area contributed by atoms with Crippen LogP contribution in [0.15, 0.2) is 48.5 Å². The second-order valence-electron chi connectivity index (χ2n) is 17.0. The van der Waals surface area contributed by atoms with Crippen molar-refractivity contribution in [2.75, 3.05) is 46.6 Å². The van der Waals surface area contributed by atoms with Crippen molar-refractivity contribution in [2.24, 2.45) is 23.7 Å². The number of anilines is 4. The van der Waals surface area contributed by atoms with Gasteiger partial charge in [-0.2, -0.15) is 0 Å². The highest BCUT2D eigenvalue weighted by atomic mass is 35.5. The van der Waals surface area contributed by atoms with Gasteiger partial charge in [-0.05, 0) is 98.9 Å². The van der Waals surface area contributed by atoms with Gasteiger partial charge in [-0.3, -0.25) is 19.2 Å². The van der Waals surface area contributed by atoms with Crippen LogP contribution in [0.1, 0.15) is 103 Å². The average molecular weight is 860 g/mol. The van der Waals surface area contributed by atoms with Gasteiger partial charge in [-0.25, -0.2) is 9.97 Å². The summed E-state index contributed by atoms with van der Waals surface area (Å²) in [5.74, 6) is 1.01. The third-order valence-electron chi connectivity index (χ3n) is 13.0. The molecular weight excluding hydrogens is 803 g/mol. The molecule has 8 rings (SSSR count). The van der Waals surface area contributed by atoms with Crippen LogP contribution in [-0.2, 0) is 19.2 Å². The highest BCUT2D eigenvalue weighted by Gasteiger charge is 2.27. The monoisotopic (exact) mass is 858 g/mol. The highest BCUT2D eigenvalue weighted by Crippen LogP contribution is 2.36. The lowest BCUT2D eigenvalue weighted by Gasteiger charge is -2.31. The SMILES string of the molecule is O=C(CCC1CCCC1)Nc1c(Cl)ccc2nc(N3CCC(C(=O)O)CC3)ccc12.O=C(CCC1CCCC1)Nc1c(Cl)ccc2nc(N3CCC(C(=O)O)CC3)ccc12. The molecule has 0 unspecified atom stereocenters. The molecule has 0 spiro atoms.